The highest BCUT2D eigenvalue weighted by Gasteiger charge is 2.11. The fourth-order valence-electron chi connectivity index (χ4n) is 1.87. The topological polar surface area (TPSA) is 43.4 Å². The summed E-state index contributed by atoms with van der Waals surface area (Å²) < 4.78 is 5.28. The molecule has 1 atom stereocenters. The lowest BCUT2D eigenvalue weighted by Crippen LogP contribution is -2.16. The van der Waals surface area contributed by atoms with E-state index in [-0.39, 0.29) is 12.1 Å². The number of carbonyl (C=O) groups is 2. The molecule has 0 spiro atoms. The standard InChI is InChI=1S/C15H24O3/c1-3-4-5-8-11-15(18-14(2)17)12-9-6-7-10-13-16/h1,13,15H,4-12H2,2H3. The van der Waals surface area contributed by atoms with Crippen LogP contribution in [-0.4, -0.2) is 18.4 Å². The first-order valence-electron chi connectivity index (χ1n) is 6.75. The van der Waals surface area contributed by atoms with Crippen molar-refractivity contribution in [1.29, 1.82) is 0 Å². The number of unbranched alkanes of at least 4 members (excludes halogenated alkanes) is 5. The Balaban J connectivity index is 3.73. The van der Waals surface area contributed by atoms with Crippen molar-refractivity contribution in [1.82, 2.24) is 0 Å². The summed E-state index contributed by atoms with van der Waals surface area (Å²) >= 11 is 0. The first-order valence-corrected chi connectivity index (χ1v) is 6.75. The van der Waals surface area contributed by atoms with Gasteiger partial charge in [-0.15, -0.1) is 12.3 Å². The second-order valence-electron chi connectivity index (χ2n) is 4.49. The summed E-state index contributed by atoms with van der Waals surface area (Å²) in [5.74, 6) is 2.39. The van der Waals surface area contributed by atoms with Gasteiger partial charge in [0.2, 0.25) is 0 Å². The molecule has 0 amide bonds. The van der Waals surface area contributed by atoms with Crippen molar-refractivity contribution in [3.8, 4) is 12.3 Å². The smallest absolute Gasteiger partial charge is 0.302 e. The van der Waals surface area contributed by atoms with E-state index >= 15 is 0 Å². The maximum atomic E-state index is 11.0. The monoisotopic (exact) mass is 252 g/mol. The minimum absolute atomic E-state index is 0.0107. The van der Waals surface area contributed by atoms with Crippen molar-refractivity contribution in [2.24, 2.45) is 0 Å². The Bertz CT molecular complexity index is 265. The first-order chi connectivity index (χ1) is 8.70. The molecule has 0 N–H and O–H groups in total. The maximum Gasteiger partial charge on any atom is 0.302 e. The highest BCUT2D eigenvalue weighted by atomic mass is 16.5. The summed E-state index contributed by atoms with van der Waals surface area (Å²) in [4.78, 5) is 21.1. The molecule has 3 heteroatoms. The molecule has 0 aromatic rings. The van der Waals surface area contributed by atoms with E-state index in [1.54, 1.807) is 0 Å². The summed E-state index contributed by atoms with van der Waals surface area (Å²) in [6.45, 7) is 1.45. The fourth-order valence-corrected chi connectivity index (χ4v) is 1.87. The van der Waals surface area contributed by atoms with Gasteiger partial charge in [-0.25, -0.2) is 0 Å². The van der Waals surface area contributed by atoms with Crippen LogP contribution in [-0.2, 0) is 14.3 Å². The molecule has 0 aliphatic carbocycles. The molecular formula is C15H24O3. The summed E-state index contributed by atoms with van der Waals surface area (Å²) in [5.41, 5.74) is 0. The van der Waals surface area contributed by atoms with Gasteiger partial charge in [0.15, 0.2) is 0 Å². The Morgan fingerprint density at radius 2 is 1.89 bits per heavy atom. The molecule has 0 saturated carbocycles. The van der Waals surface area contributed by atoms with E-state index in [4.69, 9.17) is 11.2 Å². The minimum atomic E-state index is -0.218. The van der Waals surface area contributed by atoms with Crippen LogP contribution in [0.25, 0.3) is 0 Å². The highest BCUT2D eigenvalue weighted by molar-refractivity contribution is 5.66. The van der Waals surface area contributed by atoms with Crippen LogP contribution in [0.15, 0.2) is 0 Å². The molecule has 0 fully saturated rings. The number of aldehydes is 1. The van der Waals surface area contributed by atoms with Crippen LogP contribution in [0.3, 0.4) is 0 Å². The molecule has 0 aliphatic heterocycles. The van der Waals surface area contributed by atoms with Gasteiger partial charge in [0.05, 0.1) is 0 Å². The molecule has 0 bridgehead atoms. The van der Waals surface area contributed by atoms with Gasteiger partial charge in [-0.3, -0.25) is 4.79 Å². The van der Waals surface area contributed by atoms with Gasteiger partial charge in [-0.05, 0) is 38.5 Å². The molecule has 0 aromatic heterocycles. The normalized spacial score (nSPS) is 11.6. The van der Waals surface area contributed by atoms with Crippen molar-refractivity contribution in [2.45, 2.75) is 70.8 Å². The zero-order valence-electron chi connectivity index (χ0n) is 11.3. The fraction of sp³-hybridized carbons (Fsp3) is 0.733. The summed E-state index contributed by atoms with van der Waals surface area (Å²) in [7, 11) is 0. The van der Waals surface area contributed by atoms with Gasteiger partial charge < -0.3 is 9.53 Å². The number of terminal acetylenes is 1. The van der Waals surface area contributed by atoms with E-state index in [0.717, 1.165) is 57.7 Å². The molecule has 0 aromatic carbocycles. The maximum absolute atomic E-state index is 11.0. The van der Waals surface area contributed by atoms with Crippen molar-refractivity contribution in [3.63, 3.8) is 0 Å². The highest BCUT2D eigenvalue weighted by Crippen LogP contribution is 2.14. The Morgan fingerprint density at radius 1 is 1.22 bits per heavy atom. The quantitative estimate of drug-likeness (QED) is 0.245. The van der Waals surface area contributed by atoms with E-state index in [0.29, 0.717) is 6.42 Å². The van der Waals surface area contributed by atoms with E-state index in [2.05, 4.69) is 5.92 Å². The van der Waals surface area contributed by atoms with Crippen molar-refractivity contribution in [2.75, 3.05) is 0 Å². The SMILES string of the molecule is C#CCCCCC(CCCCCC=O)OC(C)=O. The number of esters is 1. The van der Waals surface area contributed by atoms with Crippen LogP contribution in [0.4, 0.5) is 0 Å². The third kappa shape index (κ3) is 11.2. The third-order valence-corrected chi connectivity index (χ3v) is 2.78. The van der Waals surface area contributed by atoms with Crippen molar-refractivity contribution in [3.05, 3.63) is 0 Å². The van der Waals surface area contributed by atoms with Crippen LogP contribution in [0, 0.1) is 12.3 Å². The van der Waals surface area contributed by atoms with Crippen LogP contribution >= 0.6 is 0 Å². The zero-order chi connectivity index (χ0) is 13.6. The molecule has 102 valence electrons. The van der Waals surface area contributed by atoms with E-state index in [1.807, 2.05) is 0 Å². The van der Waals surface area contributed by atoms with Gasteiger partial charge in [-0.1, -0.05) is 6.42 Å². The number of hydrogen-bond donors (Lipinski definition) is 0. The lowest BCUT2D eigenvalue weighted by atomic mass is 10.0. The van der Waals surface area contributed by atoms with Crippen LogP contribution in [0.1, 0.15) is 64.7 Å². The Kier molecular flexibility index (Phi) is 11.3. The van der Waals surface area contributed by atoms with Crippen molar-refractivity contribution < 1.29 is 14.3 Å². The molecule has 0 radical (unpaired) electrons. The Hall–Kier alpha value is -1.30. The van der Waals surface area contributed by atoms with Crippen LogP contribution in [0.2, 0.25) is 0 Å². The first kappa shape index (κ1) is 16.7. The summed E-state index contributed by atoms with van der Waals surface area (Å²) in [6.07, 6.45) is 14.2. The molecule has 0 heterocycles. The molecule has 0 aliphatic rings. The van der Waals surface area contributed by atoms with E-state index in [1.165, 1.54) is 6.92 Å². The lowest BCUT2D eigenvalue weighted by Gasteiger charge is -2.16. The number of rotatable bonds is 11. The van der Waals surface area contributed by atoms with Crippen LogP contribution < -0.4 is 0 Å². The Morgan fingerprint density at radius 3 is 2.44 bits per heavy atom. The predicted octanol–water partition coefficient (Wildman–Crippen LogP) is 3.26. The second-order valence-corrected chi connectivity index (χ2v) is 4.49. The average molecular weight is 252 g/mol. The van der Waals surface area contributed by atoms with Gasteiger partial charge in [0.25, 0.3) is 0 Å². The second kappa shape index (κ2) is 12.2. The van der Waals surface area contributed by atoms with E-state index in [9.17, 15) is 9.59 Å². The van der Waals surface area contributed by atoms with Crippen molar-refractivity contribution >= 4 is 12.3 Å². The summed E-state index contributed by atoms with van der Waals surface area (Å²) in [6, 6.07) is 0. The van der Waals surface area contributed by atoms with Gasteiger partial charge in [0, 0.05) is 19.8 Å². The molecular weight excluding hydrogens is 228 g/mol. The largest absolute Gasteiger partial charge is 0.463 e. The number of ether oxygens (including phenoxy) is 1. The lowest BCUT2D eigenvalue weighted by molar-refractivity contribution is -0.147. The molecule has 0 rings (SSSR count). The van der Waals surface area contributed by atoms with Gasteiger partial charge >= 0.3 is 5.97 Å². The summed E-state index contributed by atoms with van der Waals surface area (Å²) in [5, 5.41) is 0. The number of hydrogen-bond acceptors (Lipinski definition) is 3. The number of carbonyl (C=O) groups excluding carboxylic acids is 2. The Labute approximate surface area is 110 Å². The average Bonchev–Trinajstić information content (AvgIpc) is 2.33. The third-order valence-electron chi connectivity index (χ3n) is 2.78. The molecule has 18 heavy (non-hydrogen) atoms. The zero-order valence-corrected chi connectivity index (χ0v) is 11.3. The minimum Gasteiger partial charge on any atom is -0.463 e. The molecule has 1 unspecified atom stereocenters. The predicted molar refractivity (Wildman–Crippen MR) is 72.0 cm³/mol. The van der Waals surface area contributed by atoms with Crippen LogP contribution in [0.5, 0.6) is 0 Å². The van der Waals surface area contributed by atoms with Gasteiger partial charge in [0.1, 0.15) is 12.4 Å². The molecule has 3 nitrogen and oxygen atoms in total. The van der Waals surface area contributed by atoms with E-state index < -0.39 is 0 Å². The van der Waals surface area contributed by atoms with Gasteiger partial charge in [-0.2, -0.15) is 0 Å². The molecule has 0 saturated heterocycles.